The van der Waals surface area contributed by atoms with E-state index in [0.717, 1.165) is 5.56 Å². The number of carbonyl (C=O) groups excluding carboxylic acids is 2. The van der Waals surface area contributed by atoms with Crippen molar-refractivity contribution in [3.8, 4) is 11.5 Å². The molecule has 7 heteroatoms. The van der Waals surface area contributed by atoms with Crippen molar-refractivity contribution in [1.29, 1.82) is 0 Å². The first-order chi connectivity index (χ1) is 17.6. The van der Waals surface area contributed by atoms with Crippen LogP contribution in [0.2, 0.25) is 5.02 Å². The monoisotopic (exact) mass is 519 g/mol. The van der Waals surface area contributed by atoms with Crippen molar-refractivity contribution in [3.63, 3.8) is 0 Å². The number of rotatable bonds is 6. The van der Waals surface area contributed by atoms with Crippen LogP contribution in [0.5, 0.6) is 11.5 Å². The maximum absolute atomic E-state index is 13.5. The van der Waals surface area contributed by atoms with E-state index >= 15 is 0 Å². The molecule has 1 atom stereocenters. The average Bonchev–Trinajstić information content (AvgIpc) is 3.13. The van der Waals surface area contributed by atoms with E-state index in [1.807, 2.05) is 27.7 Å². The lowest BCUT2D eigenvalue weighted by Gasteiger charge is -2.26. The zero-order valence-corrected chi connectivity index (χ0v) is 22.3. The molecule has 1 heterocycles. The van der Waals surface area contributed by atoms with Crippen LogP contribution in [0.4, 0.5) is 5.69 Å². The Kier molecular flexibility index (Phi) is 7.32. The third-order valence-electron chi connectivity index (χ3n) is 6.32. The van der Waals surface area contributed by atoms with Gasteiger partial charge in [-0.2, -0.15) is 0 Å². The molecule has 192 valence electrons. The summed E-state index contributed by atoms with van der Waals surface area (Å²) in [5.74, 6) is -0.518. The molecule has 0 aliphatic carbocycles. The Morgan fingerprint density at radius 2 is 1.73 bits per heavy atom. The lowest BCUT2D eigenvalue weighted by Crippen LogP contribution is -2.29. The van der Waals surface area contributed by atoms with Crippen molar-refractivity contribution < 1.29 is 24.2 Å². The van der Waals surface area contributed by atoms with Gasteiger partial charge in [0.05, 0.1) is 25.3 Å². The van der Waals surface area contributed by atoms with Gasteiger partial charge in [-0.25, -0.2) is 0 Å². The van der Waals surface area contributed by atoms with Gasteiger partial charge in [0.25, 0.3) is 11.7 Å². The highest BCUT2D eigenvalue weighted by molar-refractivity contribution is 6.51. The summed E-state index contributed by atoms with van der Waals surface area (Å²) in [6.45, 7) is 8.43. The van der Waals surface area contributed by atoms with Crippen molar-refractivity contribution in [1.82, 2.24) is 0 Å². The van der Waals surface area contributed by atoms with Crippen molar-refractivity contribution in [2.75, 3.05) is 18.6 Å². The number of anilines is 1. The lowest BCUT2D eigenvalue weighted by molar-refractivity contribution is -0.132. The predicted octanol–water partition coefficient (Wildman–Crippen LogP) is 6.67. The Morgan fingerprint density at radius 3 is 2.35 bits per heavy atom. The Bertz CT molecular complexity index is 1370. The van der Waals surface area contributed by atoms with E-state index in [4.69, 9.17) is 21.1 Å². The molecule has 1 saturated heterocycles. The second kappa shape index (κ2) is 10.3. The number of hydrogen-bond donors (Lipinski definition) is 1. The molecule has 1 N–H and O–H groups in total. The number of Topliss-reactive ketones (excluding diaryl/α,β-unsaturated/α-hetero) is 1. The highest BCUT2D eigenvalue weighted by atomic mass is 35.5. The van der Waals surface area contributed by atoms with Gasteiger partial charge in [0.15, 0.2) is 0 Å². The SMILES string of the molecule is CCOc1cccc(N2C(=O)C(=O)/C(=C(\O)c3ccc(OC)c(C(C)(C)C)c3)C2c2ccc(Cl)cc2)c1. The normalized spacial score (nSPS) is 17.2. The first-order valence-corrected chi connectivity index (χ1v) is 12.4. The summed E-state index contributed by atoms with van der Waals surface area (Å²) >= 11 is 6.13. The van der Waals surface area contributed by atoms with E-state index in [2.05, 4.69) is 0 Å². The summed E-state index contributed by atoms with van der Waals surface area (Å²) < 4.78 is 11.1. The summed E-state index contributed by atoms with van der Waals surface area (Å²) in [4.78, 5) is 28.3. The number of methoxy groups -OCH3 is 1. The number of ether oxygens (including phenoxy) is 2. The molecule has 1 aliphatic heterocycles. The van der Waals surface area contributed by atoms with Crippen LogP contribution in [0.25, 0.3) is 5.76 Å². The minimum absolute atomic E-state index is 0.000776. The van der Waals surface area contributed by atoms with Crippen LogP contribution in [-0.2, 0) is 15.0 Å². The zero-order valence-electron chi connectivity index (χ0n) is 21.5. The maximum atomic E-state index is 13.5. The number of benzene rings is 3. The molecule has 1 aliphatic rings. The molecule has 0 bridgehead atoms. The number of aliphatic hydroxyl groups excluding tert-OH is 1. The summed E-state index contributed by atoms with van der Waals surface area (Å²) in [7, 11) is 1.59. The van der Waals surface area contributed by atoms with Crippen molar-refractivity contribution in [3.05, 3.63) is 94.0 Å². The number of ketones is 1. The molecular formula is C30H30ClNO5. The summed E-state index contributed by atoms with van der Waals surface area (Å²) in [6.07, 6.45) is 0. The fraction of sp³-hybridized carbons (Fsp3) is 0.267. The minimum Gasteiger partial charge on any atom is -0.507 e. The third-order valence-corrected chi connectivity index (χ3v) is 6.57. The highest BCUT2D eigenvalue weighted by Gasteiger charge is 2.47. The van der Waals surface area contributed by atoms with E-state index in [1.165, 1.54) is 4.90 Å². The Hall–Kier alpha value is -3.77. The largest absolute Gasteiger partial charge is 0.507 e. The van der Waals surface area contributed by atoms with E-state index in [0.29, 0.717) is 39.9 Å². The van der Waals surface area contributed by atoms with Crippen molar-refractivity contribution >= 4 is 34.7 Å². The molecule has 4 rings (SSSR count). The quantitative estimate of drug-likeness (QED) is 0.223. The third kappa shape index (κ3) is 5.07. The Balaban J connectivity index is 1.94. The van der Waals surface area contributed by atoms with Gasteiger partial charge in [-0.15, -0.1) is 0 Å². The van der Waals surface area contributed by atoms with E-state index in [1.54, 1.807) is 73.8 Å². The molecule has 0 spiro atoms. The average molecular weight is 520 g/mol. The first-order valence-electron chi connectivity index (χ1n) is 12.0. The van der Waals surface area contributed by atoms with Gasteiger partial charge in [0, 0.05) is 27.9 Å². The predicted molar refractivity (Wildman–Crippen MR) is 146 cm³/mol. The molecule has 6 nitrogen and oxygen atoms in total. The molecule has 0 radical (unpaired) electrons. The Labute approximate surface area is 222 Å². The van der Waals surface area contributed by atoms with E-state index in [-0.39, 0.29) is 16.7 Å². The van der Waals surface area contributed by atoms with Crippen LogP contribution in [0.1, 0.15) is 50.4 Å². The second-order valence-electron chi connectivity index (χ2n) is 9.82. The maximum Gasteiger partial charge on any atom is 0.300 e. The van der Waals surface area contributed by atoms with Crippen LogP contribution >= 0.6 is 11.6 Å². The van der Waals surface area contributed by atoms with E-state index < -0.39 is 17.7 Å². The summed E-state index contributed by atoms with van der Waals surface area (Å²) in [5, 5.41) is 12.1. The molecule has 3 aromatic rings. The lowest BCUT2D eigenvalue weighted by atomic mass is 9.84. The van der Waals surface area contributed by atoms with Crippen LogP contribution in [0, 0.1) is 0 Å². The van der Waals surface area contributed by atoms with Crippen molar-refractivity contribution in [2.45, 2.75) is 39.2 Å². The zero-order chi connectivity index (χ0) is 26.9. The second-order valence-corrected chi connectivity index (χ2v) is 10.3. The van der Waals surface area contributed by atoms with Crippen LogP contribution in [0.3, 0.4) is 0 Å². The van der Waals surface area contributed by atoms with Gasteiger partial charge < -0.3 is 14.6 Å². The van der Waals surface area contributed by atoms with Gasteiger partial charge in [-0.3, -0.25) is 14.5 Å². The molecule has 1 fully saturated rings. The van der Waals surface area contributed by atoms with Crippen LogP contribution in [0.15, 0.2) is 72.3 Å². The Morgan fingerprint density at radius 1 is 1.03 bits per heavy atom. The molecule has 1 amide bonds. The van der Waals surface area contributed by atoms with Crippen molar-refractivity contribution in [2.24, 2.45) is 0 Å². The first kappa shape index (κ1) is 26.3. The number of aliphatic hydroxyl groups is 1. The number of carbonyl (C=O) groups is 2. The van der Waals surface area contributed by atoms with Gasteiger partial charge >= 0.3 is 0 Å². The molecule has 0 saturated carbocycles. The number of hydrogen-bond acceptors (Lipinski definition) is 5. The number of amides is 1. The smallest absolute Gasteiger partial charge is 0.300 e. The van der Waals surface area contributed by atoms with Gasteiger partial charge in [-0.1, -0.05) is 50.6 Å². The van der Waals surface area contributed by atoms with E-state index in [9.17, 15) is 14.7 Å². The fourth-order valence-corrected chi connectivity index (χ4v) is 4.67. The number of nitrogens with zero attached hydrogens (tertiary/aromatic N) is 1. The summed E-state index contributed by atoms with van der Waals surface area (Å²) in [6, 6.07) is 18.3. The molecule has 37 heavy (non-hydrogen) atoms. The summed E-state index contributed by atoms with van der Waals surface area (Å²) in [5.41, 5.74) is 2.11. The van der Waals surface area contributed by atoms with Gasteiger partial charge in [0.2, 0.25) is 0 Å². The molecule has 1 unspecified atom stereocenters. The number of halogens is 1. The highest BCUT2D eigenvalue weighted by Crippen LogP contribution is 2.44. The van der Waals surface area contributed by atoms with Crippen LogP contribution < -0.4 is 14.4 Å². The molecule has 3 aromatic carbocycles. The standard InChI is InChI=1S/C30H30ClNO5/c1-6-37-22-9-7-8-21(17-22)32-26(18-10-13-20(31)14-11-18)25(28(34)29(32)35)27(33)19-12-15-24(36-5)23(16-19)30(2,3)4/h7-17,26,33H,6H2,1-5H3/b27-25-. The van der Waals surface area contributed by atoms with Gasteiger partial charge in [-0.05, 0) is 60.4 Å². The fourth-order valence-electron chi connectivity index (χ4n) is 4.55. The molecule has 0 aromatic heterocycles. The minimum atomic E-state index is -0.866. The van der Waals surface area contributed by atoms with Gasteiger partial charge in [0.1, 0.15) is 17.3 Å². The van der Waals surface area contributed by atoms with Crippen LogP contribution in [-0.4, -0.2) is 30.5 Å². The topological polar surface area (TPSA) is 76.1 Å². The molecular weight excluding hydrogens is 490 g/mol.